The minimum atomic E-state index is -0.939. The number of carbonyl (C=O) groups is 1. The Bertz CT molecular complexity index is 452. The molecule has 2 heterocycles. The summed E-state index contributed by atoms with van der Waals surface area (Å²) >= 11 is 0. The van der Waals surface area contributed by atoms with E-state index >= 15 is 0 Å². The predicted molar refractivity (Wildman–Crippen MR) is 65.7 cm³/mol. The maximum Gasteiger partial charge on any atom is 0.334 e. The monoisotopic (exact) mass is 269 g/mol. The van der Waals surface area contributed by atoms with E-state index in [1.165, 1.54) is 0 Å². The molecule has 1 fully saturated rings. The highest BCUT2D eigenvalue weighted by Crippen LogP contribution is 2.19. The second-order valence-corrected chi connectivity index (χ2v) is 5.69. The van der Waals surface area contributed by atoms with Gasteiger partial charge in [-0.05, 0) is 0 Å². The lowest BCUT2D eigenvalue weighted by Gasteiger charge is -2.29. The summed E-state index contributed by atoms with van der Waals surface area (Å²) in [4.78, 5) is 17.2. The molecule has 7 nitrogen and oxygen atoms in total. The first-order valence-electron chi connectivity index (χ1n) is 6.26. The van der Waals surface area contributed by atoms with Crippen molar-refractivity contribution in [2.75, 3.05) is 19.7 Å². The van der Waals surface area contributed by atoms with E-state index in [1.54, 1.807) is 0 Å². The van der Waals surface area contributed by atoms with Crippen LogP contribution in [0.5, 0.6) is 0 Å². The van der Waals surface area contributed by atoms with Gasteiger partial charge in [0.2, 0.25) is 5.89 Å². The fraction of sp³-hybridized carbons (Fsp3) is 0.750. The van der Waals surface area contributed by atoms with Crippen LogP contribution < -0.4 is 0 Å². The van der Waals surface area contributed by atoms with Crippen molar-refractivity contribution in [1.82, 2.24) is 15.0 Å². The van der Waals surface area contributed by atoms with E-state index < -0.39 is 12.1 Å². The Morgan fingerprint density at radius 1 is 1.53 bits per heavy atom. The van der Waals surface area contributed by atoms with Gasteiger partial charge in [-0.1, -0.05) is 25.9 Å². The van der Waals surface area contributed by atoms with E-state index in [0.29, 0.717) is 38.0 Å². The topological polar surface area (TPSA) is 88.7 Å². The molecule has 1 aliphatic rings. The Kier molecular flexibility index (Phi) is 3.86. The molecule has 0 saturated carbocycles. The molecule has 2 rings (SSSR count). The van der Waals surface area contributed by atoms with Crippen molar-refractivity contribution in [2.45, 2.75) is 38.8 Å². The van der Waals surface area contributed by atoms with Crippen molar-refractivity contribution in [3.05, 3.63) is 11.7 Å². The lowest BCUT2D eigenvalue weighted by atomic mass is 9.96. The Hall–Kier alpha value is -1.47. The second-order valence-electron chi connectivity index (χ2n) is 5.69. The quantitative estimate of drug-likeness (QED) is 0.861. The number of rotatable bonds is 3. The number of nitrogens with zero attached hydrogens (tertiary/aromatic N) is 3. The third-order valence-corrected chi connectivity index (χ3v) is 2.92. The van der Waals surface area contributed by atoms with Crippen LogP contribution in [0, 0.1) is 0 Å². The van der Waals surface area contributed by atoms with Gasteiger partial charge < -0.3 is 14.4 Å². The van der Waals surface area contributed by atoms with E-state index in [4.69, 9.17) is 14.4 Å². The molecular weight excluding hydrogens is 250 g/mol. The summed E-state index contributed by atoms with van der Waals surface area (Å²) in [7, 11) is 0. The third-order valence-electron chi connectivity index (χ3n) is 2.92. The largest absolute Gasteiger partial charge is 0.479 e. The first kappa shape index (κ1) is 14.0. The summed E-state index contributed by atoms with van der Waals surface area (Å²) in [6, 6.07) is 0. The standard InChI is InChI=1S/C12H19N3O4/c1-12(2,3)11-13-9(19-14-11)7-15-4-5-18-8(6-15)10(16)17/h8H,4-7H2,1-3H3,(H,16,17). The lowest BCUT2D eigenvalue weighted by molar-refractivity contribution is -0.156. The molecule has 19 heavy (non-hydrogen) atoms. The highest BCUT2D eigenvalue weighted by molar-refractivity contribution is 5.72. The molecule has 0 aliphatic carbocycles. The minimum absolute atomic E-state index is 0.156. The number of carboxylic acids is 1. The van der Waals surface area contributed by atoms with Crippen LogP contribution in [0.15, 0.2) is 4.52 Å². The highest BCUT2D eigenvalue weighted by Gasteiger charge is 2.28. The zero-order valence-corrected chi connectivity index (χ0v) is 11.4. The maximum absolute atomic E-state index is 10.9. The zero-order valence-electron chi connectivity index (χ0n) is 11.4. The molecule has 1 aromatic rings. The molecule has 0 aromatic carbocycles. The molecule has 0 amide bonds. The van der Waals surface area contributed by atoms with Gasteiger partial charge in [0.1, 0.15) is 0 Å². The molecule has 0 spiro atoms. The number of hydrogen-bond donors (Lipinski definition) is 1. The van der Waals surface area contributed by atoms with E-state index in [-0.39, 0.29) is 5.41 Å². The van der Waals surface area contributed by atoms with E-state index in [1.807, 2.05) is 25.7 Å². The molecule has 0 radical (unpaired) electrons. The van der Waals surface area contributed by atoms with Crippen molar-refractivity contribution in [3.8, 4) is 0 Å². The number of morpholine rings is 1. The fourth-order valence-electron chi connectivity index (χ4n) is 1.81. The minimum Gasteiger partial charge on any atom is -0.479 e. The maximum atomic E-state index is 10.9. The Balaban J connectivity index is 1.97. The van der Waals surface area contributed by atoms with Crippen LogP contribution >= 0.6 is 0 Å². The average Bonchev–Trinajstić information content (AvgIpc) is 2.77. The van der Waals surface area contributed by atoms with Gasteiger partial charge in [0, 0.05) is 18.5 Å². The van der Waals surface area contributed by atoms with Gasteiger partial charge in [0.15, 0.2) is 11.9 Å². The smallest absolute Gasteiger partial charge is 0.334 e. The molecule has 1 saturated heterocycles. The molecule has 1 unspecified atom stereocenters. The first-order chi connectivity index (χ1) is 8.86. The SMILES string of the molecule is CC(C)(C)c1noc(CN2CCOC(C(=O)O)C2)n1. The highest BCUT2D eigenvalue weighted by atomic mass is 16.5. The van der Waals surface area contributed by atoms with Gasteiger partial charge in [0.25, 0.3) is 0 Å². The lowest BCUT2D eigenvalue weighted by Crippen LogP contribution is -2.45. The average molecular weight is 269 g/mol. The van der Waals surface area contributed by atoms with Gasteiger partial charge in [0.05, 0.1) is 13.2 Å². The van der Waals surface area contributed by atoms with Crippen molar-refractivity contribution < 1.29 is 19.2 Å². The van der Waals surface area contributed by atoms with Gasteiger partial charge in [-0.3, -0.25) is 4.90 Å². The van der Waals surface area contributed by atoms with Crippen molar-refractivity contribution in [2.24, 2.45) is 0 Å². The van der Waals surface area contributed by atoms with Gasteiger partial charge in [-0.25, -0.2) is 4.79 Å². The van der Waals surface area contributed by atoms with Gasteiger partial charge in [-0.2, -0.15) is 4.98 Å². The van der Waals surface area contributed by atoms with Crippen LogP contribution in [0.3, 0.4) is 0 Å². The molecule has 7 heteroatoms. The summed E-state index contributed by atoms with van der Waals surface area (Å²) < 4.78 is 10.4. The first-order valence-corrected chi connectivity index (χ1v) is 6.26. The fourth-order valence-corrected chi connectivity index (χ4v) is 1.81. The molecular formula is C12H19N3O4. The van der Waals surface area contributed by atoms with Crippen molar-refractivity contribution in [1.29, 1.82) is 0 Å². The Morgan fingerprint density at radius 2 is 2.26 bits per heavy atom. The van der Waals surface area contributed by atoms with E-state index in [2.05, 4.69) is 10.1 Å². The number of carboxylic acid groups (broad SMARTS) is 1. The van der Waals surface area contributed by atoms with Crippen molar-refractivity contribution >= 4 is 5.97 Å². The van der Waals surface area contributed by atoms with Crippen LogP contribution in [-0.4, -0.2) is 51.9 Å². The normalized spacial score (nSPS) is 21.5. The molecule has 1 atom stereocenters. The summed E-state index contributed by atoms with van der Waals surface area (Å²) in [5.74, 6) is 0.229. The van der Waals surface area contributed by atoms with Crippen LogP contribution in [0.4, 0.5) is 0 Å². The predicted octanol–water partition coefficient (Wildman–Crippen LogP) is 0.652. The van der Waals surface area contributed by atoms with Crippen molar-refractivity contribution in [3.63, 3.8) is 0 Å². The summed E-state index contributed by atoms with van der Waals surface area (Å²) in [5, 5.41) is 12.9. The molecule has 1 aliphatic heterocycles. The number of ether oxygens (including phenoxy) is 1. The summed E-state index contributed by atoms with van der Waals surface area (Å²) in [6.45, 7) is 7.89. The van der Waals surface area contributed by atoms with Crippen LogP contribution in [-0.2, 0) is 21.5 Å². The Labute approximate surface area is 111 Å². The molecule has 1 N–H and O–H groups in total. The second kappa shape index (κ2) is 5.26. The summed E-state index contributed by atoms with van der Waals surface area (Å²) in [6.07, 6.45) is -0.779. The molecule has 0 bridgehead atoms. The van der Waals surface area contributed by atoms with Crippen LogP contribution in [0.2, 0.25) is 0 Å². The number of aliphatic carboxylic acids is 1. The van der Waals surface area contributed by atoms with Gasteiger partial charge in [-0.15, -0.1) is 0 Å². The zero-order chi connectivity index (χ0) is 14.0. The van der Waals surface area contributed by atoms with Crippen LogP contribution in [0.1, 0.15) is 32.5 Å². The molecule has 1 aromatic heterocycles. The van der Waals surface area contributed by atoms with Gasteiger partial charge >= 0.3 is 5.97 Å². The van der Waals surface area contributed by atoms with E-state index in [0.717, 1.165) is 0 Å². The third kappa shape index (κ3) is 3.51. The molecule has 106 valence electrons. The Morgan fingerprint density at radius 3 is 2.84 bits per heavy atom. The van der Waals surface area contributed by atoms with E-state index in [9.17, 15) is 4.79 Å². The number of hydrogen-bond acceptors (Lipinski definition) is 6. The number of aromatic nitrogens is 2. The summed E-state index contributed by atoms with van der Waals surface area (Å²) in [5.41, 5.74) is -0.156. The van der Waals surface area contributed by atoms with Crippen LogP contribution in [0.25, 0.3) is 0 Å².